The van der Waals surface area contributed by atoms with Crippen LogP contribution in [0.1, 0.15) is 60.6 Å². The lowest BCUT2D eigenvalue weighted by Gasteiger charge is -2.45. The van der Waals surface area contributed by atoms with Crippen molar-refractivity contribution >= 4 is 5.91 Å². The fourth-order valence-corrected chi connectivity index (χ4v) is 5.60. The van der Waals surface area contributed by atoms with Gasteiger partial charge in [-0.2, -0.15) is 0 Å². The summed E-state index contributed by atoms with van der Waals surface area (Å²) in [6, 6.07) is 4.17. The second kappa shape index (κ2) is 6.01. The molecule has 3 aliphatic heterocycles. The average Bonchev–Trinajstić information content (AvgIpc) is 3.34. The van der Waals surface area contributed by atoms with Crippen LogP contribution in [0.4, 0.5) is 0 Å². The molecule has 5 aliphatic rings. The molecule has 6 rings (SSSR count). The number of carbonyl (C=O) groups is 1. The van der Waals surface area contributed by atoms with Gasteiger partial charge in [0, 0.05) is 56.1 Å². The smallest absolute Gasteiger partial charge is 0.276 e. The molecule has 2 saturated carbocycles. The summed E-state index contributed by atoms with van der Waals surface area (Å²) in [7, 11) is 0. The third kappa shape index (κ3) is 2.66. The molecule has 1 aromatic rings. The number of nitrogens with one attached hydrogen (secondary N) is 1. The van der Waals surface area contributed by atoms with E-state index in [1.54, 1.807) is 11.7 Å². The van der Waals surface area contributed by atoms with E-state index < -0.39 is 5.91 Å². The normalized spacial score (nSPS) is 33.6. The number of rotatable bonds is 5. The van der Waals surface area contributed by atoms with E-state index >= 15 is 0 Å². The Kier molecular flexibility index (Phi) is 3.85. The third-order valence-corrected chi connectivity index (χ3v) is 7.09. The number of carbonyl (C=O) groups excluding carboxylic acids is 1. The second-order valence-electron chi connectivity index (χ2n) is 8.91. The number of fused-ring (bicyclic) bond motifs is 2. The zero-order chi connectivity index (χ0) is 17.9. The van der Waals surface area contributed by atoms with E-state index in [4.69, 9.17) is 5.21 Å². The number of hydrogen-bond acceptors (Lipinski definition) is 5. The highest BCUT2D eigenvalue weighted by Gasteiger charge is 2.58. The Labute approximate surface area is 154 Å². The average molecular weight is 356 g/mol. The number of nitrogens with zero attached hydrogens (tertiary/aromatic N) is 3. The molecular formula is C20H28N4O2. The van der Waals surface area contributed by atoms with Gasteiger partial charge in [0.1, 0.15) is 0 Å². The van der Waals surface area contributed by atoms with Crippen molar-refractivity contribution in [3.8, 4) is 0 Å². The Morgan fingerprint density at radius 3 is 2.88 bits per heavy atom. The fraction of sp³-hybridized carbons (Fsp3) is 0.700. The summed E-state index contributed by atoms with van der Waals surface area (Å²) in [6.45, 7) is 5.58. The van der Waals surface area contributed by atoms with Crippen LogP contribution in [-0.2, 0) is 13.0 Å². The van der Waals surface area contributed by atoms with Gasteiger partial charge in [-0.05, 0) is 49.1 Å². The molecule has 4 heterocycles. The van der Waals surface area contributed by atoms with Gasteiger partial charge in [0.15, 0.2) is 0 Å². The zero-order valence-electron chi connectivity index (χ0n) is 15.4. The van der Waals surface area contributed by atoms with Gasteiger partial charge in [-0.1, -0.05) is 6.92 Å². The summed E-state index contributed by atoms with van der Waals surface area (Å²) >= 11 is 0. The molecule has 0 radical (unpaired) electrons. The number of pyridine rings is 1. The maximum atomic E-state index is 11.7. The number of hydroxylamine groups is 1. The van der Waals surface area contributed by atoms with E-state index in [0.717, 1.165) is 42.7 Å². The molecule has 4 fully saturated rings. The van der Waals surface area contributed by atoms with Crippen molar-refractivity contribution in [2.24, 2.45) is 5.41 Å². The largest absolute Gasteiger partial charge is 0.297 e. The van der Waals surface area contributed by atoms with Crippen molar-refractivity contribution in [3.05, 3.63) is 29.1 Å². The minimum Gasteiger partial charge on any atom is -0.297 e. The molecule has 2 bridgehead atoms. The lowest BCUT2D eigenvalue weighted by molar-refractivity contribution is 0.0614. The van der Waals surface area contributed by atoms with Gasteiger partial charge in [0.25, 0.3) is 5.91 Å². The molecule has 26 heavy (non-hydrogen) atoms. The van der Waals surface area contributed by atoms with Crippen LogP contribution >= 0.6 is 0 Å². The predicted molar refractivity (Wildman–Crippen MR) is 96.9 cm³/mol. The van der Waals surface area contributed by atoms with E-state index in [-0.39, 0.29) is 0 Å². The van der Waals surface area contributed by atoms with Crippen LogP contribution in [0.3, 0.4) is 0 Å². The Bertz CT molecular complexity index is 727. The maximum Gasteiger partial charge on any atom is 0.276 e. The molecule has 0 spiro atoms. The van der Waals surface area contributed by atoms with Crippen molar-refractivity contribution in [3.63, 3.8) is 0 Å². The van der Waals surface area contributed by atoms with Crippen molar-refractivity contribution in [1.82, 2.24) is 20.3 Å². The van der Waals surface area contributed by atoms with Gasteiger partial charge in [-0.15, -0.1) is 0 Å². The van der Waals surface area contributed by atoms with Crippen LogP contribution < -0.4 is 5.48 Å². The van der Waals surface area contributed by atoms with Crippen LogP contribution in [0.5, 0.6) is 0 Å². The monoisotopic (exact) mass is 356 g/mol. The first kappa shape index (κ1) is 16.7. The van der Waals surface area contributed by atoms with E-state index in [2.05, 4.69) is 21.7 Å². The Morgan fingerprint density at radius 1 is 1.38 bits per heavy atom. The summed E-state index contributed by atoms with van der Waals surface area (Å²) in [5.41, 5.74) is 4.89. The van der Waals surface area contributed by atoms with Gasteiger partial charge in [0.05, 0.1) is 5.56 Å². The van der Waals surface area contributed by atoms with Crippen LogP contribution in [0.15, 0.2) is 12.3 Å². The summed E-state index contributed by atoms with van der Waals surface area (Å²) in [5.74, 6) is -0.485. The highest BCUT2D eigenvalue weighted by atomic mass is 16.5. The molecule has 6 heteroatoms. The topological polar surface area (TPSA) is 68.7 Å². The van der Waals surface area contributed by atoms with Crippen molar-refractivity contribution < 1.29 is 10.0 Å². The third-order valence-electron chi connectivity index (χ3n) is 7.09. The Balaban J connectivity index is 1.34. The SMILES string of the molecule is CC[C@H]1Cc2ncc(C(=O)NO)cc2CN1CC12CC(C1)N(C1CC1)C2. The standard InChI is InChI=1S/C20H28N4O2/c1-2-15-6-18-14(5-13(9-21-18)19(25)22-26)10-23(15)11-20-7-17(8-20)24(12-20)16-3-4-16/h5,9,15-17,26H,2-4,6-8,10-12H2,1H3,(H,22,25)/t15-,17?,20?/m0/s1. The Hall–Kier alpha value is -1.50. The molecule has 0 unspecified atom stereocenters. The Morgan fingerprint density at radius 2 is 2.19 bits per heavy atom. The van der Waals surface area contributed by atoms with Gasteiger partial charge in [0.2, 0.25) is 0 Å². The lowest BCUT2D eigenvalue weighted by atomic mass is 9.69. The van der Waals surface area contributed by atoms with E-state index in [9.17, 15) is 4.79 Å². The highest BCUT2D eigenvalue weighted by Crippen LogP contribution is 2.55. The van der Waals surface area contributed by atoms with Crippen LogP contribution in [0, 0.1) is 5.41 Å². The van der Waals surface area contributed by atoms with E-state index in [1.807, 2.05) is 6.07 Å². The number of hydrogen-bond donors (Lipinski definition) is 2. The van der Waals surface area contributed by atoms with Gasteiger partial charge < -0.3 is 0 Å². The van der Waals surface area contributed by atoms with Crippen LogP contribution in [0.2, 0.25) is 0 Å². The summed E-state index contributed by atoms with van der Waals surface area (Å²) in [4.78, 5) is 21.7. The maximum absolute atomic E-state index is 11.7. The van der Waals surface area contributed by atoms with E-state index in [0.29, 0.717) is 17.0 Å². The van der Waals surface area contributed by atoms with Gasteiger partial charge >= 0.3 is 0 Å². The molecule has 1 aromatic heterocycles. The summed E-state index contributed by atoms with van der Waals surface area (Å²) in [6.07, 6.45) is 9.21. The fourth-order valence-electron chi connectivity index (χ4n) is 5.60. The molecular weight excluding hydrogens is 328 g/mol. The summed E-state index contributed by atoms with van der Waals surface area (Å²) < 4.78 is 0. The quantitative estimate of drug-likeness (QED) is 0.624. The minimum absolute atomic E-state index is 0.434. The molecule has 2 N–H and O–H groups in total. The zero-order valence-corrected chi connectivity index (χ0v) is 15.4. The first-order valence-electron chi connectivity index (χ1n) is 10.0. The number of amides is 1. The molecule has 0 aromatic carbocycles. The first-order valence-corrected chi connectivity index (χ1v) is 10.0. The highest BCUT2D eigenvalue weighted by molar-refractivity contribution is 5.93. The molecule has 6 nitrogen and oxygen atoms in total. The van der Waals surface area contributed by atoms with Crippen molar-refractivity contribution in [2.45, 2.75) is 70.1 Å². The molecule has 2 aliphatic carbocycles. The minimum atomic E-state index is -0.485. The van der Waals surface area contributed by atoms with Crippen molar-refractivity contribution in [2.75, 3.05) is 13.1 Å². The number of aromatic nitrogens is 1. The van der Waals surface area contributed by atoms with Gasteiger partial charge in [-0.25, -0.2) is 5.48 Å². The molecule has 1 atom stereocenters. The van der Waals surface area contributed by atoms with Crippen LogP contribution in [-0.4, -0.2) is 57.1 Å². The van der Waals surface area contributed by atoms with Gasteiger partial charge in [-0.3, -0.25) is 24.8 Å². The van der Waals surface area contributed by atoms with Crippen LogP contribution in [0.25, 0.3) is 0 Å². The first-order chi connectivity index (χ1) is 12.6. The predicted octanol–water partition coefficient (Wildman–Crippen LogP) is 1.96. The molecule has 1 amide bonds. The second-order valence-corrected chi connectivity index (χ2v) is 8.91. The lowest BCUT2D eigenvalue weighted by Crippen LogP contribution is -2.49. The molecule has 140 valence electrons. The molecule has 2 saturated heterocycles. The van der Waals surface area contributed by atoms with E-state index in [1.165, 1.54) is 38.8 Å². The summed E-state index contributed by atoms with van der Waals surface area (Å²) in [5, 5.41) is 8.89. The van der Waals surface area contributed by atoms with Crippen molar-refractivity contribution in [1.29, 1.82) is 0 Å².